The summed E-state index contributed by atoms with van der Waals surface area (Å²) in [6.07, 6.45) is 2.51. The second-order valence-electron chi connectivity index (χ2n) is 5.69. The molecule has 0 aromatic heterocycles. The SMILES string of the molecule is CCN(CC)CCNCc1ccc2c(c1)CCCN2C. The highest BCUT2D eigenvalue weighted by Gasteiger charge is 2.13. The lowest BCUT2D eigenvalue weighted by Gasteiger charge is -2.28. The predicted molar refractivity (Wildman–Crippen MR) is 87.5 cm³/mol. The van der Waals surface area contributed by atoms with Crippen molar-refractivity contribution in [3.8, 4) is 0 Å². The lowest BCUT2D eigenvalue weighted by molar-refractivity contribution is 0.302. The molecule has 1 aromatic carbocycles. The molecule has 0 saturated carbocycles. The van der Waals surface area contributed by atoms with Crippen molar-refractivity contribution in [1.82, 2.24) is 10.2 Å². The summed E-state index contributed by atoms with van der Waals surface area (Å²) in [4.78, 5) is 4.82. The van der Waals surface area contributed by atoms with Gasteiger partial charge < -0.3 is 15.1 Å². The minimum atomic E-state index is 0.984. The fourth-order valence-electron chi connectivity index (χ4n) is 2.96. The Labute approximate surface area is 124 Å². The Hall–Kier alpha value is -1.06. The Kier molecular flexibility index (Phi) is 5.86. The van der Waals surface area contributed by atoms with Crippen LogP contribution in [0.5, 0.6) is 0 Å². The molecule has 1 heterocycles. The van der Waals surface area contributed by atoms with Crippen LogP contribution in [0.15, 0.2) is 18.2 Å². The molecule has 0 fully saturated rings. The molecule has 112 valence electrons. The Morgan fingerprint density at radius 1 is 1.25 bits per heavy atom. The number of anilines is 1. The first-order valence-corrected chi connectivity index (χ1v) is 8.00. The maximum Gasteiger partial charge on any atom is 0.0396 e. The number of hydrogen-bond acceptors (Lipinski definition) is 3. The molecule has 0 saturated heterocycles. The average Bonchev–Trinajstić information content (AvgIpc) is 2.47. The van der Waals surface area contributed by atoms with Gasteiger partial charge in [-0.3, -0.25) is 0 Å². The van der Waals surface area contributed by atoms with Crippen LogP contribution in [-0.4, -0.2) is 44.7 Å². The number of hydrogen-bond donors (Lipinski definition) is 1. The van der Waals surface area contributed by atoms with E-state index in [1.54, 1.807) is 0 Å². The molecule has 0 bridgehead atoms. The number of rotatable bonds is 7. The van der Waals surface area contributed by atoms with Crippen molar-refractivity contribution in [2.75, 3.05) is 44.7 Å². The topological polar surface area (TPSA) is 18.5 Å². The molecule has 0 radical (unpaired) electrons. The van der Waals surface area contributed by atoms with Gasteiger partial charge in [-0.15, -0.1) is 0 Å². The van der Waals surface area contributed by atoms with Gasteiger partial charge in [-0.25, -0.2) is 0 Å². The molecule has 1 aliphatic rings. The zero-order valence-electron chi connectivity index (χ0n) is 13.3. The highest BCUT2D eigenvalue weighted by atomic mass is 15.1. The standard InChI is InChI=1S/C17H29N3/c1-4-20(5-2)12-10-18-14-15-8-9-17-16(13-15)7-6-11-19(17)3/h8-9,13,18H,4-7,10-12,14H2,1-3H3. The van der Waals surface area contributed by atoms with Gasteiger partial charge in [0, 0.05) is 38.9 Å². The van der Waals surface area contributed by atoms with Gasteiger partial charge in [0.2, 0.25) is 0 Å². The van der Waals surface area contributed by atoms with Crippen LogP contribution in [0.4, 0.5) is 5.69 Å². The van der Waals surface area contributed by atoms with Gasteiger partial charge >= 0.3 is 0 Å². The minimum absolute atomic E-state index is 0.984. The molecule has 2 rings (SSSR count). The average molecular weight is 275 g/mol. The molecule has 0 unspecified atom stereocenters. The van der Waals surface area contributed by atoms with Crippen LogP contribution in [0.1, 0.15) is 31.4 Å². The van der Waals surface area contributed by atoms with E-state index >= 15 is 0 Å². The molecule has 20 heavy (non-hydrogen) atoms. The van der Waals surface area contributed by atoms with E-state index in [2.05, 4.69) is 54.2 Å². The smallest absolute Gasteiger partial charge is 0.0396 e. The van der Waals surface area contributed by atoms with Crippen molar-refractivity contribution in [3.63, 3.8) is 0 Å². The molecule has 0 amide bonds. The Morgan fingerprint density at radius 3 is 2.80 bits per heavy atom. The maximum absolute atomic E-state index is 3.56. The van der Waals surface area contributed by atoms with Crippen LogP contribution in [0.2, 0.25) is 0 Å². The lowest BCUT2D eigenvalue weighted by atomic mass is 9.99. The molecule has 0 spiro atoms. The van der Waals surface area contributed by atoms with E-state index in [0.717, 1.165) is 32.7 Å². The van der Waals surface area contributed by atoms with Crippen LogP contribution in [0.25, 0.3) is 0 Å². The van der Waals surface area contributed by atoms with Crippen molar-refractivity contribution in [1.29, 1.82) is 0 Å². The van der Waals surface area contributed by atoms with Crippen LogP contribution in [0, 0.1) is 0 Å². The van der Waals surface area contributed by atoms with Gasteiger partial charge in [0.15, 0.2) is 0 Å². The van der Waals surface area contributed by atoms with E-state index in [4.69, 9.17) is 0 Å². The van der Waals surface area contributed by atoms with Crippen LogP contribution >= 0.6 is 0 Å². The summed E-state index contributed by atoms with van der Waals surface area (Å²) >= 11 is 0. The summed E-state index contributed by atoms with van der Waals surface area (Å²) in [6, 6.07) is 6.94. The van der Waals surface area contributed by atoms with Gasteiger partial charge in [0.05, 0.1) is 0 Å². The molecule has 1 aliphatic heterocycles. The first-order chi connectivity index (χ1) is 9.74. The molecular weight excluding hydrogens is 246 g/mol. The highest BCUT2D eigenvalue weighted by molar-refractivity contribution is 5.56. The van der Waals surface area contributed by atoms with Crippen molar-refractivity contribution in [2.24, 2.45) is 0 Å². The van der Waals surface area contributed by atoms with E-state index in [-0.39, 0.29) is 0 Å². The highest BCUT2D eigenvalue weighted by Crippen LogP contribution is 2.26. The fourth-order valence-corrected chi connectivity index (χ4v) is 2.96. The number of benzene rings is 1. The summed E-state index contributed by atoms with van der Waals surface area (Å²) in [7, 11) is 2.19. The van der Waals surface area contributed by atoms with Crippen molar-refractivity contribution in [2.45, 2.75) is 33.2 Å². The minimum Gasteiger partial charge on any atom is -0.374 e. The summed E-state index contributed by atoms with van der Waals surface area (Å²) in [5, 5.41) is 3.56. The van der Waals surface area contributed by atoms with Crippen molar-refractivity contribution >= 4 is 5.69 Å². The zero-order chi connectivity index (χ0) is 14.4. The van der Waals surface area contributed by atoms with E-state index in [9.17, 15) is 0 Å². The summed E-state index contributed by atoms with van der Waals surface area (Å²) in [5.74, 6) is 0. The first-order valence-electron chi connectivity index (χ1n) is 8.00. The normalized spacial score (nSPS) is 14.7. The first kappa shape index (κ1) is 15.3. The van der Waals surface area contributed by atoms with Crippen molar-refractivity contribution in [3.05, 3.63) is 29.3 Å². The van der Waals surface area contributed by atoms with E-state index < -0.39 is 0 Å². The summed E-state index contributed by atoms with van der Waals surface area (Å²) in [5.41, 5.74) is 4.35. The largest absolute Gasteiger partial charge is 0.374 e. The monoisotopic (exact) mass is 275 g/mol. The quantitative estimate of drug-likeness (QED) is 0.771. The number of nitrogens with one attached hydrogen (secondary N) is 1. The van der Waals surface area contributed by atoms with E-state index in [1.807, 2.05) is 0 Å². The van der Waals surface area contributed by atoms with Gasteiger partial charge in [-0.05, 0) is 43.1 Å². The number of fused-ring (bicyclic) bond motifs is 1. The number of aryl methyl sites for hydroxylation is 1. The lowest BCUT2D eigenvalue weighted by Crippen LogP contribution is -2.31. The molecule has 1 aromatic rings. The van der Waals surface area contributed by atoms with E-state index in [1.165, 1.54) is 36.2 Å². The third-order valence-corrected chi connectivity index (χ3v) is 4.32. The zero-order valence-corrected chi connectivity index (χ0v) is 13.3. The second kappa shape index (κ2) is 7.65. The van der Waals surface area contributed by atoms with Gasteiger partial charge in [-0.2, -0.15) is 0 Å². The molecule has 3 heteroatoms. The van der Waals surface area contributed by atoms with Gasteiger partial charge in [0.1, 0.15) is 0 Å². The number of nitrogens with zero attached hydrogens (tertiary/aromatic N) is 2. The van der Waals surface area contributed by atoms with Crippen LogP contribution < -0.4 is 10.2 Å². The van der Waals surface area contributed by atoms with Crippen LogP contribution in [-0.2, 0) is 13.0 Å². The van der Waals surface area contributed by atoms with Crippen LogP contribution in [0.3, 0.4) is 0 Å². The maximum atomic E-state index is 3.56. The molecule has 0 aliphatic carbocycles. The van der Waals surface area contributed by atoms with Gasteiger partial charge in [-0.1, -0.05) is 26.0 Å². The predicted octanol–water partition coefficient (Wildman–Crippen LogP) is 2.50. The molecule has 1 N–H and O–H groups in total. The second-order valence-corrected chi connectivity index (χ2v) is 5.69. The molecule has 0 atom stereocenters. The van der Waals surface area contributed by atoms with Gasteiger partial charge in [0.25, 0.3) is 0 Å². The van der Waals surface area contributed by atoms with E-state index in [0.29, 0.717) is 0 Å². The Balaban J connectivity index is 1.82. The number of likely N-dealkylation sites (N-methyl/N-ethyl adjacent to an activating group) is 1. The molecule has 3 nitrogen and oxygen atoms in total. The Bertz CT molecular complexity index is 413. The summed E-state index contributed by atoms with van der Waals surface area (Å²) in [6.45, 7) is 11.1. The third kappa shape index (κ3) is 3.97. The Morgan fingerprint density at radius 2 is 2.05 bits per heavy atom. The molecular formula is C17H29N3. The van der Waals surface area contributed by atoms with Crippen molar-refractivity contribution < 1.29 is 0 Å². The third-order valence-electron chi connectivity index (χ3n) is 4.32. The summed E-state index contributed by atoms with van der Waals surface area (Å²) < 4.78 is 0. The fraction of sp³-hybridized carbons (Fsp3) is 0.647.